The minimum Gasteiger partial charge on any atom is -0.492 e. The molecule has 0 saturated carbocycles. The summed E-state index contributed by atoms with van der Waals surface area (Å²) in [5.41, 5.74) is 2.81. The lowest BCUT2D eigenvalue weighted by atomic mass is 10.1. The molecule has 1 aliphatic rings. The van der Waals surface area contributed by atoms with E-state index in [0.717, 1.165) is 32.0 Å². The summed E-state index contributed by atoms with van der Waals surface area (Å²) in [4.78, 5) is 26.9. The van der Waals surface area contributed by atoms with Crippen LogP contribution in [0.3, 0.4) is 0 Å². The van der Waals surface area contributed by atoms with E-state index in [1.54, 1.807) is 13.2 Å². The van der Waals surface area contributed by atoms with E-state index in [1.165, 1.54) is 4.90 Å². The van der Waals surface area contributed by atoms with Crippen LogP contribution < -0.4 is 9.47 Å². The van der Waals surface area contributed by atoms with Crippen LogP contribution in [-0.4, -0.2) is 29.8 Å². The number of imide groups is 1. The minimum atomic E-state index is -0.278. The van der Waals surface area contributed by atoms with Crippen molar-refractivity contribution >= 4 is 51.6 Å². The molecule has 3 rings (SSSR count). The van der Waals surface area contributed by atoms with Crippen molar-refractivity contribution in [1.29, 1.82) is 0 Å². The zero-order valence-electron chi connectivity index (χ0n) is 15.8. The van der Waals surface area contributed by atoms with Gasteiger partial charge in [-0.2, -0.15) is 0 Å². The van der Waals surface area contributed by atoms with Crippen molar-refractivity contribution in [3.63, 3.8) is 0 Å². The van der Waals surface area contributed by atoms with Crippen molar-refractivity contribution < 1.29 is 19.1 Å². The Balaban J connectivity index is 1.87. The van der Waals surface area contributed by atoms with Crippen molar-refractivity contribution in [3.05, 3.63) is 61.6 Å². The molecule has 0 atom stereocenters. The van der Waals surface area contributed by atoms with Gasteiger partial charge in [0.2, 0.25) is 0 Å². The number of methoxy groups -OCH3 is 1. The number of carbonyl (C=O) groups is 2. The Morgan fingerprint density at radius 3 is 2.68 bits per heavy atom. The summed E-state index contributed by atoms with van der Waals surface area (Å²) in [6, 6.07) is 11.5. The first-order valence-electron chi connectivity index (χ1n) is 8.74. The summed E-state index contributed by atoms with van der Waals surface area (Å²) in [5, 5.41) is -0.258. The van der Waals surface area contributed by atoms with Crippen LogP contribution in [0.1, 0.15) is 23.6 Å². The first-order chi connectivity index (χ1) is 13.4. The molecular formula is C21H20INO4S. The predicted molar refractivity (Wildman–Crippen MR) is 120 cm³/mol. The van der Waals surface area contributed by atoms with Gasteiger partial charge < -0.3 is 9.47 Å². The number of halogens is 1. The number of rotatable bonds is 6. The second-order valence-corrected chi connectivity index (χ2v) is 8.38. The van der Waals surface area contributed by atoms with E-state index in [4.69, 9.17) is 9.47 Å². The topological polar surface area (TPSA) is 55.8 Å². The van der Waals surface area contributed by atoms with Crippen LogP contribution in [0.2, 0.25) is 0 Å². The molecule has 7 heteroatoms. The number of hydrogen-bond donors (Lipinski definition) is 0. The molecule has 1 heterocycles. The Kier molecular flexibility index (Phi) is 6.66. The van der Waals surface area contributed by atoms with Gasteiger partial charge in [-0.25, -0.2) is 0 Å². The fourth-order valence-electron chi connectivity index (χ4n) is 2.91. The number of hydrogen-bond acceptors (Lipinski definition) is 5. The summed E-state index contributed by atoms with van der Waals surface area (Å²) in [6.07, 6.45) is 1.73. The number of ether oxygens (including phenoxy) is 2. The van der Waals surface area contributed by atoms with Crippen molar-refractivity contribution in [2.75, 3.05) is 13.7 Å². The predicted octanol–water partition coefficient (Wildman–Crippen LogP) is 5.24. The van der Waals surface area contributed by atoms with Crippen molar-refractivity contribution in [3.8, 4) is 11.5 Å². The first-order valence-corrected chi connectivity index (χ1v) is 10.6. The van der Waals surface area contributed by atoms with Gasteiger partial charge in [0, 0.05) is 0 Å². The van der Waals surface area contributed by atoms with Gasteiger partial charge in [-0.3, -0.25) is 14.5 Å². The summed E-state index contributed by atoms with van der Waals surface area (Å²) >= 11 is 3.13. The quantitative estimate of drug-likeness (QED) is 0.394. The zero-order chi connectivity index (χ0) is 20.3. The normalized spacial score (nSPS) is 15.4. The lowest BCUT2D eigenvalue weighted by molar-refractivity contribution is -0.123. The molecule has 0 spiro atoms. The van der Waals surface area contributed by atoms with Gasteiger partial charge in [0.25, 0.3) is 11.1 Å². The first kappa shape index (κ1) is 20.7. The highest BCUT2D eigenvalue weighted by Crippen LogP contribution is 2.37. The van der Waals surface area contributed by atoms with Crippen molar-refractivity contribution in [2.45, 2.75) is 20.4 Å². The van der Waals surface area contributed by atoms with Gasteiger partial charge in [0.05, 0.1) is 28.7 Å². The second-order valence-electron chi connectivity index (χ2n) is 6.22. The Morgan fingerprint density at radius 1 is 1.21 bits per heavy atom. The fourth-order valence-corrected chi connectivity index (χ4v) is 4.60. The molecule has 5 nitrogen and oxygen atoms in total. The summed E-state index contributed by atoms with van der Waals surface area (Å²) in [6.45, 7) is 4.66. The standard InChI is InChI=1S/C21H20INO4S/c1-4-27-17-10-15(9-16(22)19(17)26-3)11-18-20(24)23(21(25)28-18)12-14-7-5-6-13(2)8-14/h5-11H,4,12H2,1-3H3/b18-11-. The second kappa shape index (κ2) is 9.00. The molecule has 0 radical (unpaired) electrons. The molecule has 0 N–H and O–H groups in total. The molecule has 146 valence electrons. The molecule has 2 aromatic rings. The maximum absolute atomic E-state index is 12.8. The highest BCUT2D eigenvalue weighted by atomic mass is 127. The Morgan fingerprint density at radius 2 is 2.00 bits per heavy atom. The molecule has 1 saturated heterocycles. The van der Waals surface area contributed by atoms with Crippen LogP contribution in [0.25, 0.3) is 6.08 Å². The number of thioether (sulfide) groups is 1. The van der Waals surface area contributed by atoms with Gasteiger partial charge in [-0.15, -0.1) is 0 Å². The van der Waals surface area contributed by atoms with Gasteiger partial charge in [-0.05, 0) is 77.5 Å². The van der Waals surface area contributed by atoms with Crippen LogP contribution >= 0.6 is 34.4 Å². The molecule has 2 amide bonds. The van der Waals surface area contributed by atoms with Crippen LogP contribution in [0.4, 0.5) is 4.79 Å². The molecule has 0 unspecified atom stereocenters. The average molecular weight is 509 g/mol. The number of carbonyl (C=O) groups excluding carboxylic acids is 2. The highest BCUT2D eigenvalue weighted by Gasteiger charge is 2.35. The van der Waals surface area contributed by atoms with Gasteiger partial charge >= 0.3 is 0 Å². The third-order valence-corrected chi connectivity index (χ3v) is 5.84. The lowest BCUT2D eigenvalue weighted by Gasteiger charge is -2.13. The number of amides is 2. The fraction of sp³-hybridized carbons (Fsp3) is 0.238. The molecule has 0 aromatic heterocycles. The Bertz CT molecular complexity index is 957. The molecule has 1 fully saturated rings. The molecule has 2 aromatic carbocycles. The van der Waals surface area contributed by atoms with Crippen LogP contribution in [0.5, 0.6) is 11.5 Å². The maximum atomic E-state index is 12.8. The van der Waals surface area contributed by atoms with E-state index < -0.39 is 0 Å². The third-order valence-electron chi connectivity index (χ3n) is 4.13. The summed E-state index contributed by atoms with van der Waals surface area (Å²) < 4.78 is 11.9. The van der Waals surface area contributed by atoms with Crippen molar-refractivity contribution in [2.24, 2.45) is 0 Å². The number of nitrogens with zero attached hydrogens (tertiary/aromatic N) is 1. The monoisotopic (exact) mass is 509 g/mol. The third kappa shape index (κ3) is 4.52. The van der Waals surface area contributed by atoms with Crippen molar-refractivity contribution in [1.82, 2.24) is 4.90 Å². The smallest absolute Gasteiger partial charge is 0.293 e. The summed E-state index contributed by atoms with van der Waals surface area (Å²) in [5.74, 6) is 0.995. The van der Waals surface area contributed by atoms with Crippen LogP contribution in [0.15, 0.2) is 41.3 Å². The van der Waals surface area contributed by atoms with E-state index in [-0.39, 0.29) is 17.7 Å². The SMILES string of the molecule is CCOc1cc(/C=C2\SC(=O)N(Cc3cccc(C)c3)C2=O)cc(I)c1OC. The van der Waals surface area contributed by atoms with Crippen LogP contribution in [-0.2, 0) is 11.3 Å². The summed E-state index contributed by atoms with van der Waals surface area (Å²) in [7, 11) is 1.59. The van der Waals surface area contributed by atoms with E-state index in [1.807, 2.05) is 50.2 Å². The lowest BCUT2D eigenvalue weighted by Crippen LogP contribution is -2.27. The largest absolute Gasteiger partial charge is 0.492 e. The van der Waals surface area contributed by atoms with Gasteiger partial charge in [0.1, 0.15) is 0 Å². The molecular weight excluding hydrogens is 489 g/mol. The van der Waals surface area contributed by atoms with Crippen LogP contribution in [0, 0.1) is 10.5 Å². The molecule has 0 bridgehead atoms. The molecule has 28 heavy (non-hydrogen) atoms. The Labute approximate surface area is 182 Å². The van der Waals surface area contributed by atoms with E-state index in [9.17, 15) is 9.59 Å². The van der Waals surface area contributed by atoms with Gasteiger partial charge in [0.15, 0.2) is 11.5 Å². The number of aryl methyl sites for hydroxylation is 1. The average Bonchev–Trinajstić information content (AvgIpc) is 2.89. The maximum Gasteiger partial charge on any atom is 0.293 e. The van der Waals surface area contributed by atoms with E-state index >= 15 is 0 Å². The highest BCUT2D eigenvalue weighted by molar-refractivity contribution is 14.1. The molecule has 0 aliphatic carbocycles. The van der Waals surface area contributed by atoms with E-state index in [0.29, 0.717) is 23.0 Å². The van der Waals surface area contributed by atoms with Gasteiger partial charge in [-0.1, -0.05) is 29.8 Å². The number of benzene rings is 2. The minimum absolute atomic E-state index is 0.258. The zero-order valence-corrected chi connectivity index (χ0v) is 18.8. The molecule has 1 aliphatic heterocycles. The Hall–Kier alpha value is -2.00. The van der Waals surface area contributed by atoms with E-state index in [2.05, 4.69) is 22.6 Å².